The average molecular weight is 364 g/mol. The van der Waals surface area contributed by atoms with Crippen molar-refractivity contribution in [3.05, 3.63) is 48.0 Å². The summed E-state index contributed by atoms with van der Waals surface area (Å²) in [7, 11) is -1.12. The van der Waals surface area contributed by atoms with Crippen molar-refractivity contribution >= 4 is 21.6 Å². The minimum absolute atomic E-state index is 0.0530. The van der Waals surface area contributed by atoms with E-state index in [0.717, 1.165) is 9.87 Å². The van der Waals surface area contributed by atoms with Gasteiger partial charge in [-0.25, -0.2) is 8.42 Å². The molecule has 0 unspecified atom stereocenters. The van der Waals surface area contributed by atoms with Crippen LogP contribution in [0.1, 0.15) is 5.56 Å². The normalized spacial score (nSPS) is 11.0. The van der Waals surface area contributed by atoms with Gasteiger partial charge >= 0.3 is 0 Å². The Labute approximate surface area is 147 Å². The number of sulfonamides is 1. The number of hydrogen-bond donors (Lipinski definition) is 1. The van der Waals surface area contributed by atoms with Gasteiger partial charge in [0.2, 0.25) is 5.91 Å². The van der Waals surface area contributed by atoms with Crippen molar-refractivity contribution in [2.24, 2.45) is 5.73 Å². The molecule has 0 aliphatic rings. The van der Waals surface area contributed by atoms with Crippen molar-refractivity contribution in [2.45, 2.75) is 11.8 Å². The third-order valence-corrected chi connectivity index (χ3v) is 5.34. The Kier molecular flexibility index (Phi) is 5.53. The molecule has 2 N–H and O–H groups in total. The van der Waals surface area contributed by atoms with Gasteiger partial charge in [-0.1, -0.05) is 17.7 Å². The SMILES string of the molecule is COc1ccc(N(CC(N)=O)S(=O)(=O)c2ccc(C)cc2)c(OC)c1. The molecule has 0 atom stereocenters. The van der Waals surface area contributed by atoms with E-state index < -0.39 is 22.5 Å². The van der Waals surface area contributed by atoms with Crippen LogP contribution in [-0.2, 0) is 14.8 Å². The van der Waals surface area contributed by atoms with Gasteiger partial charge in [0.15, 0.2) is 0 Å². The molecule has 0 aliphatic heterocycles. The third-order valence-electron chi connectivity index (χ3n) is 3.56. The van der Waals surface area contributed by atoms with Gasteiger partial charge in [0.25, 0.3) is 10.0 Å². The largest absolute Gasteiger partial charge is 0.497 e. The number of rotatable bonds is 7. The Balaban J connectivity index is 2.60. The predicted octanol–water partition coefficient (Wildman–Crippen LogP) is 1.69. The molecule has 0 aromatic heterocycles. The van der Waals surface area contributed by atoms with Gasteiger partial charge in [-0.15, -0.1) is 0 Å². The van der Waals surface area contributed by atoms with E-state index in [1.54, 1.807) is 18.2 Å². The number of carbonyl (C=O) groups excluding carboxylic acids is 1. The standard InChI is InChI=1S/C17H20N2O5S/c1-12-4-7-14(8-5-12)25(21,22)19(11-17(18)20)15-9-6-13(23-2)10-16(15)24-3/h4-10H,11H2,1-3H3,(H2,18,20). The number of benzene rings is 2. The van der Waals surface area contributed by atoms with Crippen molar-refractivity contribution in [1.82, 2.24) is 0 Å². The fourth-order valence-corrected chi connectivity index (χ4v) is 3.71. The number of carbonyl (C=O) groups is 1. The van der Waals surface area contributed by atoms with Crippen molar-refractivity contribution in [3.63, 3.8) is 0 Å². The maximum atomic E-state index is 13.0. The lowest BCUT2D eigenvalue weighted by atomic mass is 10.2. The van der Waals surface area contributed by atoms with E-state index in [9.17, 15) is 13.2 Å². The summed E-state index contributed by atoms with van der Waals surface area (Å²) in [6.07, 6.45) is 0. The molecule has 0 spiro atoms. The lowest BCUT2D eigenvalue weighted by molar-refractivity contribution is -0.116. The summed E-state index contributed by atoms with van der Waals surface area (Å²) < 4.78 is 37.4. The zero-order chi connectivity index (χ0) is 18.6. The Morgan fingerprint density at radius 1 is 1.08 bits per heavy atom. The van der Waals surface area contributed by atoms with Crippen LogP contribution in [0.15, 0.2) is 47.4 Å². The summed E-state index contributed by atoms with van der Waals surface area (Å²) in [6, 6.07) is 10.9. The first-order chi connectivity index (χ1) is 11.8. The molecule has 0 heterocycles. The highest BCUT2D eigenvalue weighted by Gasteiger charge is 2.29. The van der Waals surface area contributed by atoms with Gasteiger partial charge in [-0.05, 0) is 31.2 Å². The summed E-state index contributed by atoms with van der Waals surface area (Å²) in [5.74, 6) is -0.0443. The molecule has 2 rings (SSSR count). The van der Waals surface area contributed by atoms with Crippen LogP contribution < -0.4 is 19.5 Å². The van der Waals surface area contributed by atoms with Crippen LogP contribution in [-0.4, -0.2) is 35.1 Å². The Morgan fingerprint density at radius 2 is 1.72 bits per heavy atom. The van der Waals surface area contributed by atoms with Gasteiger partial charge < -0.3 is 15.2 Å². The van der Waals surface area contributed by atoms with Crippen LogP contribution in [0.4, 0.5) is 5.69 Å². The summed E-state index contributed by atoms with van der Waals surface area (Å²) in [5.41, 5.74) is 6.38. The number of aryl methyl sites for hydroxylation is 1. The highest BCUT2D eigenvalue weighted by molar-refractivity contribution is 7.92. The van der Waals surface area contributed by atoms with Crippen LogP contribution in [0, 0.1) is 6.92 Å². The number of anilines is 1. The Hall–Kier alpha value is -2.74. The lowest BCUT2D eigenvalue weighted by Crippen LogP contribution is -2.38. The van der Waals surface area contributed by atoms with Crippen LogP contribution in [0.3, 0.4) is 0 Å². The maximum absolute atomic E-state index is 13.0. The van der Waals surface area contributed by atoms with Gasteiger partial charge in [0.05, 0.1) is 24.8 Å². The van der Waals surface area contributed by atoms with Gasteiger partial charge in [0.1, 0.15) is 18.0 Å². The maximum Gasteiger partial charge on any atom is 0.264 e. The smallest absolute Gasteiger partial charge is 0.264 e. The molecule has 0 radical (unpaired) electrons. The molecule has 25 heavy (non-hydrogen) atoms. The number of amides is 1. The highest BCUT2D eigenvalue weighted by Crippen LogP contribution is 2.35. The Morgan fingerprint density at radius 3 is 2.24 bits per heavy atom. The van der Waals surface area contributed by atoms with E-state index in [4.69, 9.17) is 15.2 Å². The summed E-state index contributed by atoms with van der Waals surface area (Å²) in [4.78, 5) is 11.5. The number of nitrogens with zero attached hydrogens (tertiary/aromatic N) is 1. The van der Waals surface area contributed by atoms with E-state index >= 15 is 0 Å². The van der Waals surface area contributed by atoms with E-state index in [1.165, 1.54) is 38.5 Å². The number of methoxy groups -OCH3 is 2. The first-order valence-corrected chi connectivity index (χ1v) is 8.83. The molecule has 2 aromatic rings. The minimum Gasteiger partial charge on any atom is -0.497 e. The van der Waals surface area contributed by atoms with Crippen molar-refractivity contribution in [3.8, 4) is 11.5 Å². The zero-order valence-corrected chi connectivity index (χ0v) is 15.0. The fourth-order valence-electron chi connectivity index (χ4n) is 2.27. The van der Waals surface area contributed by atoms with E-state index in [-0.39, 0.29) is 16.3 Å². The van der Waals surface area contributed by atoms with Crippen molar-refractivity contribution < 1.29 is 22.7 Å². The molecule has 134 valence electrons. The summed E-state index contributed by atoms with van der Waals surface area (Å²) >= 11 is 0. The first kappa shape index (κ1) is 18.6. The second-order valence-corrected chi connectivity index (χ2v) is 7.19. The number of primary amides is 1. The van der Waals surface area contributed by atoms with E-state index in [2.05, 4.69) is 0 Å². The molecule has 0 fully saturated rings. The third kappa shape index (κ3) is 4.03. The van der Waals surface area contributed by atoms with Crippen molar-refractivity contribution in [2.75, 3.05) is 25.1 Å². The molecule has 0 bridgehead atoms. The first-order valence-electron chi connectivity index (χ1n) is 7.39. The quantitative estimate of drug-likeness (QED) is 0.806. The molecular weight excluding hydrogens is 344 g/mol. The molecule has 0 aliphatic carbocycles. The molecule has 0 saturated carbocycles. The topological polar surface area (TPSA) is 98.9 Å². The molecule has 8 heteroatoms. The average Bonchev–Trinajstić information content (AvgIpc) is 2.59. The van der Waals surface area contributed by atoms with Gasteiger partial charge in [0, 0.05) is 6.07 Å². The van der Waals surface area contributed by atoms with E-state index in [0.29, 0.717) is 5.75 Å². The highest BCUT2D eigenvalue weighted by atomic mass is 32.2. The molecule has 2 aromatic carbocycles. The number of hydrogen-bond acceptors (Lipinski definition) is 5. The van der Waals surface area contributed by atoms with Crippen molar-refractivity contribution in [1.29, 1.82) is 0 Å². The summed E-state index contributed by atoms with van der Waals surface area (Å²) in [6.45, 7) is 1.34. The van der Waals surface area contributed by atoms with Gasteiger partial charge in [-0.3, -0.25) is 9.10 Å². The number of nitrogens with two attached hydrogens (primary N) is 1. The second-order valence-electron chi connectivity index (χ2n) is 5.33. The monoisotopic (exact) mass is 364 g/mol. The molecule has 7 nitrogen and oxygen atoms in total. The second kappa shape index (κ2) is 7.43. The molecular formula is C17H20N2O5S. The van der Waals surface area contributed by atoms with Gasteiger partial charge in [-0.2, -0.15) is 0 Å². The Bertz CT molecular complexity index is 863. The minimum atomic E-state index is -4.01. The van der Waals surface area contributed by atoms with Crippen LogP contribution in [0.5, 0.6) is 11.5 Å². The molecule has 0 saturated heterocycles. The lowest BCUT2D eigenvalue weighted by Gasteiger charge is -2.25. The van der Waals surface area contributed by atoms with Crippen LogP contribution >= 0.6 is 0 Å². The predicted molar refractivity (Wildman–Crippen MR) is 94.5 cm³/mol. The van der Waals surface area contributed by atoms with Crippen LogP contribution in [0.2, 0.25) is 0 Å². The number of ether oxygens (including phenoxy) is 2. The summed E-state index contributed by atoms with van der Waals surface area (Å²) in [5, 5.41) is 0. The fraction of sp³-hybridized carbons (Fsp3) is 0.235. The molecule has 1 amide bonds. The van der Waals surface area contributed by atoms with E-state index in [1.807, 2.05) is 6.92 Å². The zero-order valence-electron chi connectivity index (χ0n) is 14.2. The van der Waals surface area contributed by atoms with Crippen LogP contribution in [0.25, 0.3) is 0 Å².